The Labute approximate surface area is 114 Å². The summed E-state index contributed by atoms with van der Waals surface area (Å²) in [5.41, 5.74) is 1.64. The molecule has 0 saturated carbocycles. The summed E-state index contributed by atoms with van der Waals surface area (Å²) >= 11 is 3.42. The number of benzene rings is 1. The first-order valence-electron chi connectivity index (χ1n) is 6.39. The van der Waals surface area contributed by atoms with Gasteiger partial charge in [0.1, 0.15) is 5.75 Å². The highest BCUT2D eigenvalue weighted by molar-refractivity contribution is 9.09. The normalized spacial score (nSPS) is 11.5. The van der Waals surface area contributed by atoms with Gasteiger partial charge in [0.05, 0.1) is 6.61 Å². The van der Waals surface area contributed by atoms with Crippen LogP contribution in [0.25, 0.3) is 0 Å². The molecule has 0 radical (unpaired) electrons. The largest absolute Gasteiger partial charge is 0.494 e. The zero-order valence-electron chi connectivity index (χ0n) is 11.1. The lowest BCUT2D eigenvalue weighted by Gasteiger charge is -2.23. The van der Waals surface area contributed by atoms with Gasteiger partial charge in [-0.25, -0.2) is 0 Å². The third-order valence-electron chi connectivity index (χ3n) is 3.32. The Morgan fingerprint density at radius 1 is 1.12 bits per heavy atom. The fourth-order valence-corrected chi connectivity index (χ4v) is 1.99. The Hall–Kier alpha value is -0.500. The van der Waals surface area contributed by atoms with Crippen molar-refractivity contribution in [1.29, 1.82) is 0 Å². The molecule has 0 fully saturated rings. The zero-order chi connectivity index (χ0) is 12.7. The smallest absolute Gasteiger partial charge is 0.119 e. The fourth-order valence-electron chi connectivity index (χ4n) is 1.59. The molecule has 1 aromatic carbocycles. The van der Waals surface area contributed by atoms with Crippen LogP contribution in [0.5, 0.6) is 5.75 Å². The average Bonchev–Trinajstić information content (AvgIpc) is 2.35. The highest BCUT2D eigenvalue weighted by atomic mass is 79.9. The molecule has 2 heteroatoms. The molecule has 0 aromatic heterocycles. The Balaban J connectivity index is 2.50. The van der Waals surface area contributed by atoms with E-state index >= 15 is 0 Å². The maximum atomic E-state index is 5.69. The van der Waals surface area contributed by atoms with Crippen molar-refractivity contribution in [3.63, 3.8) is 0 Å². The predicted molar refractivity (Wildman–Crippen MR) is 78.3 cm³/mol. The van der Waals surface area contributed by atoms with Gasteiger partial charge in [0.25, 0.3) is 0 Å². The first kappa shape index (κ1) is 14.6. The van der Waals surface area contributed by atoms with Crippen molar-refractivity contribution in [3.05, 3.63) is 29.8 Å². The first-order valence-corrected chi connectivity index (χ1v) is 7.51. The van der Waals surface area contributed by atoms with Crippen LogP contribution in [0.2, 0.25) is 0 Å². The lowest BCUT2D eigenvalue weighted by molar-refractivity contribution is 0.309. The summed E-state index contributed by atoms with van der Waals surface area (Å²) in [5.74, 6) is 0.982. The topological polar surface area (TPSA) is 9.23 Å². The molecule has 1 aromatic rings. The molecule has 0 bridgehead atoms. The summed E-state index contributed by atoms with van der Waals surface area (Å²) in [4.78, 5) is 0. The quantitative estimate of drug-likeness (QED) is 0.512. The molecule has 0 heterocycles. The Morgan fingerprint density at radius 2 is 1.76 bits per heavy atom. The number of rotatable bonds is 7. The molecule has 0 aliphatic rings. The monoisotopic (exact) mass is 298 g/mol. The molecule has 0 saturated heterocycles. The maximum absolute atomic E-state index is 5.69. The van der Waals surface area contributed by atoms with E-state index in [1.54, 1.807) is 0 Å². The van der Waals surface area contributed by atoms with E-state index in [0.29, 0.717) is 0 Å². The molecule has 0 amide bonds. The molecule has 0 spiro atoms. The standard InChI is InChI=1S/C15H23BrO/c1-4-15(2,3)13-7-9-14(10-8-13)17-12-6-5-11-16/h7-10H,4-6,11-12H2,1-3H3. The van der Waals surface area contributed by atoms with Gasteiger partial charge in [0.2, 0.25) is 0 Å². The van der Waals surface area contributed by atoms with E-state index in [1.807, 2.05) is 0 Å². The van der Waals surface area contributed by atoms with Crippen LogP contribution in [-0.2, 0) is 5.41 Å². The molecule has 0 N–H and O–H groups in total. The molecular weight excluding hydrogens is 276 g/mol. The molecule has 0 aliphatic heterocycles. The van der Waals surface area contributed by atoms with Crippen LogP contribution in [0, 0.1) is 0 Å². The number of ether oxygens (including phenoxy) is 1. The van der Waals surface area contributed by atoms with Crippen LogP contribution in [0.4, 0.5) is 0 Å². The molecule has 96 valence electrons. The lowest BCUT2D eigenvalue weighted by Crippen LogP contribution is -2.15. The van der Waals surface area contributed by atoms with Gasteiger partial charge >= 0.3 is 0 Å². The molecule has 1 rings (SSSR count). The molecule has 17 heavy (non-hydrogen) atoms. The van der Waals surface area contributed by atoms with Gasteiger partial charge in [-0.05, 0) is 42.4 Å². The number of unbranched alkanes of at least 4 members (excludes halogenated alkanes) is 1. The summed E-state index contributed by atoms with van der Waals surface area (Å²) in [5, 5.41) is 1.06. The van der Waals surface area contributed by atoms with E-state index in [-0.39, 0.29) is 5.41 Å². The number of hydrogen-bond acceptors (Lipinski definition) is 1. The summed E-state index contributed by atoms with van der Waals surface area (Å²) in [7, 11) is 0. The van der Waals surface area contributed by atoms with Crippen LogP contribution in [0.15, 0.2) is 24.3 Å². The third kappa shape index (κ3) is 4.71. The Bertz CT molecular complexity index is 316. The minimum Gasteiger partial charge on any atom is -0.494 e. The summed E-state index contributed by atoms with van der Waals surface area (Å²) < 4.78 is 5.69. The van der Waals surface area contributed by atoms with Crippen LogP contribution in [0.3, 0.4) is 0 Å². The van der Waals surface area contributed by atoms with Gasteiger partial charge in [-0.15, -0.1) is 0 Å². The molecular formula is C15H23BrO. The van der Waals surface area contributed by atoms with E-state index in [2.05, 4.69) is 61.0 Å². The van der Waals surface area contributed by atoms with E-state index < -0.39 is 0 Å². The SMILES string of the molecule is CCC(C)(C)c1ccc(OCCCCBr)cc1. The molecule has 0 unspecified atom stereocenters. The van der Waals surface area contributed by atoms with Gasteiger partial charge in [-0.1, -0.05) is 48.8 Å². The van der Waals surface area contributed by atoms with Crippen LogP contribution in [-0.4, -0.2) is 11.9 Å². The van der Waals surface area contributed by atoms with E-state index in [0.717, 1.165) is 30.5 Å². The number of alkyl halides is 1. The summed E-state index contributed by atoms with van der Waals surface area (Å²) in [6.07, 6.45) is 3.42. The van der Waals surface area contributed by atoms with Crippen LogP contribution < -0.4 is 4.74 Å². The Kier molecular flexibility index (Phi) is 6.04. The zero-order valence-corrected chi connectivity index (χ0v) is 12.7. The highest BCUT2D eigenvalue weighted by Crippen LogP contribution is 2.28. The second kappa shape index (κ2) is 7.05. The van der Waals surface area contributed by atoms with E-state index in [1.165, 1.54) is 12.0 Å². The van der Waals surface area contributed by atoms with Crippen LogP contribution >= 0.6 is 15.9 Å². The molecule has 0 atom stereocenters. The first-order chi connectivity index (χ1) is 8.10. The van der Waals surface area contributed by atoms with Gasteiger partial charge < -0.3 is 4.74 Å². The molecule has 0 aliphatic carbocycles. The maximum Gasteiger partial charge on any atom is 0.119 e. The highest BCUT2D eigenvalue weighted by Gasteiger charge is 2.17. The second-order valence-corrected chi connectivity index (χ2v) is 5.80. The summed E-state index contributed by atoms with van der Waals surface area (Å²) in [6, 6.07) is 8.54. The Morgan fingerprint density at radius 3 is 2.29 bits per heavy atom. The van der Waals surface area contributed by atoms with Crippen molar-refractivity contribution in [1.82, 2.24) is 0 Å². The van der Waals surface area contributed by atoms with E-state index in [9.17, 15) is 0 Å². The van der Waals surface area contributed by atoms with Crippen molar-refractivity contribution in [2.75, 3.05) is 11.9 Å². The molecule has 1 nitrogen and oxygen atoms in total. The van der Waals surface area contributed by atoms with Crippen molar-refractivity contribution in [2.45, 2.75) is 45.4 Å². The van der Waals surface area contributed by atoms with Gasteiger partial charge in [-0.3, -0.25) is 0 Å². The lowest BCUT2D eigenvalue weighted by atomic mass is 9.82. The van der Waals surface area contributed by atoms with E-state index in [4.69, 9.17) is 4.74 Å². The van der Waals surface area contributed by atoms with Crippen molar-refractivity contribution in [2.24, 2.45) is 0 Å². The van der Waals surface area contributed by atoms with Crippen molar-refractivity contribution in [3.8, 4) is 5.75 Å². The second-order valence-electron chi connectivity index (χ2n) is 5.01. The number of halogens is 1. The van der Waals surface area contributed by atoms with Crippen molar-refractivity contribution < 1.29 is 4.74 Å². The van der Waals surface area contributed by atoms with Gasteiger partial charge in [0.15, 0.2) is 0 Å². The average molecular weight is 299 g/mol. The van der Waals surface area contributed by atoms with Gasteiger partial charge in [0, 0.05) is 5.33 Å². The van der Waals surface area contributed by atoms with Crippen molar-refractivity contribution >= 4 is 15.9 Å². The van der Waals surface area contributed by atoms with Crippen LogP contribution in [0.1, 0.15) is 45.6 Å². The third-order valence-corrected chi connectivity index (χ3v) is 3.88. The minimum absolute atomic E-state index is 0.258. The minimum atomic E-state index is 0.258. The fraction of sp³-hybridized carbons (Fsp3) is 0.600. The predicted octanol–water partition coefficient (Wildman–Crippen LogP) is 4.93. The summed E-state index contributed by atoms with van der Waals surface area (Å²) in [6.45, 7) is 7.59. The number of hydrogen-bond donors (Lipinski definition) is 0. The van der Waals surface area contributed by atoms with Gasteiger partial charge in [-0.2, -0.15) is 0 Å².